The lowest BCUT2D eigenvalue weighted by Crippen LogP contribution is -2.03. The van der Waals surface area contributed by atoms with Gasteiger partial charge in [-0.2, -0.15) is 10.5 Å². The maximum absolute atomic E-state index is 10.7. The van der Waals surface area contributed by atoms with E-state index in [4.69, 9.17) is 18.9 Å². The van der Waals surface area contributed by atoms with Gasteiger partial charge in [-0.25, -0.2) is 0 Å². The van der Waals surface area contributed by atoms with E-state index in [1.807, 2.05) is 72.8 Å². The Balaban J connectivity index is 1.18. The Morgan fingerprint density at radius 2 is 0.511 bits per heavy atom. The topological polar surface area (TPSA) is 84.5 Å². The van der Waals surface area contributed by atoms with Crippen LogP contribution in [0.2, 0.25) is 0 Å². The fraction of sp³-hybridized carbons (Fsp3) is 0.364. The molecule has 0 aromatic heterocycles. The first-order valence-corrected chi connectivity index (χ1v) is 35.6. The molecule has 7 aromatic rings. The zero-order valence-electron chi connectivity index (χ0n) is 57.1. The van der Waals surface area contributed by atoms with Crippen molar-refractivity contribution in [1.82, 2.24) is 0 Å². The van der Waals surface area contributed by atoms with Crippen LogP contribution in [0.15, 0.2) is 158 Å². The molecule has 0 unspecified atom stereocenters. The van der Waals surface area contributed by atoms with Crippen molar-refractivity contribution in [1.29, 1.82) is 10.5 Å². The zero-order valence-corrected chi connectivity index (χ0v) is 57.1. The second kappa shape index (κ2) is 43.9. The molecular formula is C88H104N2O4. The van der Waals surface area contributed by atoms with Crippen LogP contribution in [-0.4, -0.2) is 26.4 Å². The molecule has 0 atom stereocenters. The molecule has 94 heavy (non-hydrogen) atoms. The van der Waals surface area contributed by atoms with Gasteiger partial charge in [0.15, 0.2) is 0 Å². The molecule has 7 aromatic carbocycles. The molecule has 0 spiro atoms. The number of hydrogen-bond acceptors (Lipinski definition) is 6. The van der Waals surface area contributed by atoms with Crippen molar-refractivity contribution >= 4 is 71.9 Å². The summed E-state index contributed by atoms with van der Waals surface area (Å²) < 4.78 is 26.8. The Kier molecular flexibility index (Phi) is 33.9. The molecule has 6 heteroatoms. The van der Waals surface area contributed by atoms with Crippen LogP contribution in [0.1, 0.15) is 249 Å². The maximum Gasteiger partial charge on any atom is 0.127 e. The van der Waals surface area contributed by atoms with Crippen molar-refractivity contribution < 1.29 is 18.9 Å². The molecular weight excluding hydrogens is 1150 g/mol. The summed E-state index contributed by atoms with van der Waals surface area (Å²) in [7, 11) is 0. The van der Waals surface area contributed by atoms with Gasteiger partial charge in [-0.3, -0.25) is 0 Å². The molecule has 0 bridgehead atoms. The Labute approximate surface area is 566 Å². The van der Waals surface area contributed by atoms with Gasteiger partial charge in [0.2, 0.25) is 0 Å². The van der Waals surface area contributed by atoms with Gasteiger partial charge in [0.25, 0.3) is 0 Å². The number of allylic oxidation sites excluding steroid dienone is 2. The third kappa shape index (κ3) is 26.6. The van der Waals surface area contributed by atoms with Gasteiger partial charge >= 0.3 is 0 Å². The Morgan fingerprint density at radius 1 is 0.277 bits per heavy atom. The van der Waals surface area contributed by atoms with Crippen LogP contribution < -0.4 is 18.9 Å². The number of nitriles is 2. The van der Waals surface area contributed by atoms with E-state index in [0.717, 1.165) is 141 Å². The molecule has 490 valence electrons. The van der Waals surface area contributed by atoms with Crippen molar-refractivity contribution in [2.24, 2.45) is 0 Å². The molecule has 0 aliphatic rings. The molecule has 0 amide bonds. The number of ether oxygens (including phenoxy) is 4. The van der Waals surface area contributed by atoms with Gasteiger partial charge in [-0.05, 0) is 107 Å². The minimum atomic E-state index is 0.557. The third-order valence-electron chi connectivity index (χ3n) is 17.0. The largest absolute Gasteiger partial charge is 0.493 e. The number of hydrogen-bond donors (Lipinski definition) is 0. The fourth-order valence-electron chi connectivity index (χ4n) is 11.2. The highest BCUT2D eigenvalue weighted by Gasteiger charge is 2.16. The number of benzene rings is 7. The molecule has 7 rings (SSSR count). The molecule has 0 fully saturated rings. The number of unbranched alkanes of at least 4 members (excludes halogenated alkanes) is 20. The van der Waals surface area contributed by atoms with Crippen molar-refractivity contribution in [2.45, 2.75) is 182 Å². The maximum atomic E-state index is 10.7. The molecule has 0 aliphatic heterocycles. The first kappa shape index (κ1) is 72.6. The van der Waals surface area contributed by atoms with Crippen LogP contribution in [0.25, 0.3) is 71.9 Å². The minimum Gasteiger partial charge on any atom is -0.493 e. The van der Waals surface area contributed by atoms with E-state index < -0.39 is 0 Å². The normalized spacial score (nSPS) is 11.9. The van der Waals surface area contributed by atoms with E-state index in [0.29, 0.717) is 37.6 Å². The summed E-state index contributed by atoms with van der Waals surface area (Å²) in [6, 6.07) is 58.9. The molecule has 0 aliphatic carbocycles. The van der Waals surface area contributed by atoms with Crippen LogP contribution in [0.3, 0.4) is 0 Å². The van der Waals surface area contributed by atoms with E-state index in [9.17, 15) is 10.5 Å². The van der Waals surface area contributed by atoms with Crippen LogP contribution in [-0.2, 0) is 0 Å². The van der Waals surface area contributed by atoms with Gasteiger partial charge in [0.05, 0.1) is 49.7 Å². The van der Waals surface area contributed by atoms with Crippen LogP contribution in [0.5, 0.6) is 23.0 Å². The summed E-state index contributed by atoms with van der Waals surface area (Å²) in [6.45, 7) is 11.4. The second-order valence-electron chi connectivity index (χ2n) is 24.7. The lowest BCUT2D eigenvalue weighted by molar-refractivity contribution is 0.295. The van der Waals surface area contributed by atoms with E-state index in [-0.39, 0.29) is 0 Å². The molecule has 0 saturated heterocycles. The quantitative estimate of drug-likeness (QED) is 0.0215. The van der Waals surface area contributed by atoms with Gasteiger partial charge in [0, 0.05) is 22.3 Å². The standard InChI is InChI=1S/C88H104N2O4/c1-5-9-13-17-21-31-59-91-85-67-81(63-83(69-89)77-53-47-75(48-54-77)41-39-71-35-27-25-28-36-71)87(93-61-33-23-19-15-11-7-3)65-79(85)57-51-73-43-45-74(46-44-73)52-58-80-66-88(94-62-34-24-20-16-12-8-4)82(68-86(80)92-60-32-22-18-14-10-6-2)64-84(70-90)78-55-49-76(50-56-78)42-40-72-37-29-26-30-38-72/h25-30,35-58,63-68H,5-24,31-34,59-62H2,1-4H3/b41-39+,42-40+,57-51+,58-52+,83-63+,84-64+. The van der Waals surface area contributed by atoms with Crippen LogP contribution >= 0.6 is 0 Å². The summed E-state index contributed by atoms with van der Waals surface area (Å²) in [5.74, 6) is 2.99. The Bertz CT molecular complexity index is 3320. The highest BCUT2D eigenvalue weighted by molar-refractivity contribution is 5.93. The average Bonchev–Trinajstić information content (AvgIpc) is 0.909. The molecule has 0 N–H and O–H groups in total. The summed E-state index contributed by atoms with van der Waals surface area (Å²) in [4.78, 5) is 0. The van der Waals surface area contributed by atoms with Gasteiger partial charge < -0.3 is 18.9 Å². The fourth-order valence-corrected chi connectivity index (χ4v) is 11.2. The van der Waals surface area contributed by atoms with E-state index >= 15 is 0 Å². The lowest BCUT2D eigenvalue weighted by Gasteiger charge is -2.16. The van der Waals surface area contributed by atoms with E-state index in [2.05, 4.69) is 186 Å². The van der Waals surface area contributed by atoms with E-state index in [1.165, 1.54) is 103 Å². The lowest BCUT2D eigenvalue weighted by atomic mass is 9.99. The van der Waals surface area contributed by atoms with Crippen LogP contribution in [0.4, 0.5) is 0 Å². The van der Waals surface area contributed by atoms with Crippen molar-refractivity contribution in [3.05, 3.63) is 224 Å². The van der Waals surface area contributed by atoms with Gasteiger partial charge in [0.1, 0.15) is 23.0 Å². The number of rotatable bonds is 44. The van der Waals surface area contributed by atoms with Crippen LogP contribution in [0, 0.1) is 22.7 Å². The highest BCUT2D eigenvalue weighted by atomic mass is 16.5. The second-order valence-corrected chi connectivity index (χ2v) is 24.7. The predicted molar refractivity (Wildman–Crippen MR) is 403 cm³/mol. The Hall–Kier alpha value is -8.84. The molecule has 6 nitrogen and oxygen atoms in total. The van der Waals surface area contributed by atoms with Crippen molar-refractivity contribution in [3.8, 4) is 35.1 Å². The minimum absolute atomic E-state index is 0.557. The first-order valence-electron chi connectivity index (χ1n) is 35.6. The summed E-state index contributed by atoms with van der Waals surface area (Å²) in [5.41, 5.74) is 12.8. The van der Waals surface area contributed by atoms with Crippen molar-refractivity contribution in [3.63, 3.8) is 0 Å². The zero-order chi connectivity index (χ0) is 65.9. The molecule has 0 saturated carbocycles. The third-order valence-corrected chi connectivity index (χ3v) is 17.0. The average molecular weight is 1250 g/mol. The van der Waals surface area contributed by atoms with E-state index in [1.54, 1.807) is 0 Å². The molecule has 0 heterocycles. The summed E-state index contributed by atoms with van der Waals surface area (Å²) in [6.07, 6.45) is 48.8. The van der Waals surface area contributed by atoms with Gasteiger partial charge in [-0.15, -0.1) is 0 Å². The Morgan fingerprint density at radius 3 is 0.798 bits per heavy atom. The molecule has 0 radical (unpaired) electrons. The predicted octanol–water partition coefficient (Wildman–Crippen LogP) is 25.5. The van der Waals surface area contributed by atoms with Gasteiger partial charge in [-0.1, -0.05) is 338 Å². The SMILES string of the molecule is CCCCCCCCOc1cc(/C=C/c2ccc(/C=C/c3cc(OCCCCCCCC)c(/C=C(\C#N)c4ccc(/C=C/c5ccccc5)cc4)cc3OCCCCCCCC)cc2)c(OCCCCCCCC)cc1/C=C(\C#N)c1ccc(/C=C/c2ccccc2)cc1. The van der Waals surface area contributed by atoms with Crippen molar-refractivity contribution in [2.75, 3.05) is 26.4 Å². The highest BCUT2D eigenvalue weighted by Crippen LogP contribution is 2.37. The summed E-state index contributed by atoms with van der Waals surface area (Å²) in [5, 5.41) is 21.4. The monoisotopic (exact) mass is 1250 g/mol. The summed E-state index contributed by atoms with van der Waals surface area (Å²) >= 11 is 0. The smallest absolute Gasteiger partial charge is 0.127 e. The first-order chi connectivity index (χ1) is 46.4. The number of nitrogens with zero attached hydrogens (tertiary/aromatic N) is 2.